The third-order valence-electron chi connectivity index (χ3n) is 6.15. The number of alkyl halides is 2. The fourth-order valence-electron chi connectivity index (χ4n) is 4.53. The average Bonchev–Trinajstić information content (AvgIpc) is 3.22. The lowest BCUT2D eigenvalue weighted by Crippen LogP contribution is -2.42. The van der Waals surface area contributed by atoms with Crippen molar-refractivity contribution in [3.05, 3.63) is 80.7 Å². The van der Waals surface area contributed by atoms with Gasteiger partial charge in [0.2, 0.25) is 0 Å². The molecule has 34 heavy (non-hydrogen) atoms. The van der Waals surface area contributed by atoms with Crippen molar-refractivity contribution in [1.82, 2.24) is 20.2 Å². The zero-order chi connectivity index (χ0) is 24.3. The number of aromatic nitrogens is 2. The first-order valence-electron chi connectivity index (χ1n) is 10.3. The number of benzene rings is 2. The molecule has 1 aliphatic heterocycles. The summed E-state index contributed by atoms with van der Waals surface area (Å²) in [4.78, 5) is 32.3. The molecule has 3 N–H and O–H groups in total. The van der Waals surface area contributed by atoms with Gasteiger partial charge in [-0.3, -0.25) is 9.59 Å². The second-order valence-electron chi connectivity index (χ2n) is 8.16. The molecule has 0 spiro atoms. The van der Waals surface area contributed by atoms with Crippen molar-refractivity contribution in [3.63, 3.8) is 0 Å². The third kappa shape index (κ3) is 3.43. The number of nitrogens with one attached hydrogen (secondary N) is 3. The maximum Gasteiger partial charge on any atom is 0.270 e. The molecule has 5 rings (SSSR count). The van der Waals surface area contributed by atoms with Crippen LogP contribution in [0.3, 0.4) is 0 Å². The minimum atomic E-state index is -2.94. The molecule has 0 saturated carbocycles. The van der Waals surface area contributed by atoms with Gasteiger partial charge in [0, 0.05) is 47.9 Å². The highest BCUT2D eigenvalue weighted by Gasteiger charge is 2.31. The summed E-state index contributed by atoms with van der Waals surface area (Å²) in [5.74, 6) is -3.78. The van der Waals surface area contributed by atoms with E-state index in [9.17, 15) is 31.5 Å². The molecular formula is C23H17F5N4O2. The van der Waals surface area contributed by atoms with Crippen LogP contribution in [0.4, 0.5) is 22.0 Å². The number of amides is 1. The van der Waals surface area contributed by atoms with Crippen LogP contribution in [-0.4, -0.2) is 34.4 Å². The standard InChI is InChI=1S/C23H17F5N4O2/c1-32(23(34)17-6-10-12(21(27)28)2-9(24)3-16(10)30-17)19-8-29-7-18-20(19)11-4-14(25)15(26)5-13(11)22(33)31-18/h2-6,19,21,29-30H,7-8H2,1H3,(H,31,33)/t19-/m1/s1. The Hall–Kier alpha value is -3.73. The summed E-state index contributed by atoms with van der Waals surface area (Å²) < 4.78 is 68.4. The molecule has 0 bridgehead atoms. The van der Waals surface area contributed by atoms with Gasteiger partial charge >= 0.3 is 0 Å². The molecule has 1 aliphatic rings. The van der Waals surface area contributed by atoms with Gasteiger partial charge < -0.3 is 20.2 Å². The van der Waals surface area contributed by atoms with E-state index < -0.39 is 46.9 Å². The summed E-state index contributed by atoms with van der Waals surface area (Å²) in [6.07, 6.45) is -2.94. The summed E-state index contributed by atoms with van der Waals surface area (Å²) in [6, 6.07) is 3.99. The number of likely N-dealkylation sites (N-methyl/N-ethyl adjacent to an activating group) is 1. The number of pyridine rings is 1. The second-order valence-corrected chi connectivity index (χ2v) is 8.16. The smallest absolute Gasteiger partial charge is 0.270 e. The van der Waals surface area contributed by atoms with Crippen LogP contribution in [0.2, 0.25) is 0 Å². The van der Waals surface area contributed by atoms with Crippen molar-refractivity contribution >= 4 is 27.6 Å². The van der Waals surface area contributed by atoms with Crippen molar-refractivity contribution in [2.45, 2.75) is 19.0 Å². The van der Waals surface area contributed by atoms with E-state index in [0.29, 0.717) is 11.3 Å². The molecule has 4 aromatic rings. The summed E-state index contributed by atoms with van der Waals surface area (Å²) in [5.41, 5.74) is -0.291. The molecule has 2 aromatic heterocycles. The van der Waals surface area contributed by atoms with E-state index in [1.807, 2.05) is 0 Å². The highest BCUT2D eigenvalue weighted by Crippen LogP contribution is 2.34. The van der Waals surface area contributed by atoms with E-state index in [2.05, 4.69) is 15.3 Å². The number of carbonyl (C=O) groups is 1. The van der Waals surface area contributed by atoms with Crippen molar-refractivity contribution in [2.24, 2.45) is 0 Å². The van der Waals surface area contributed by atoms with E-state index >= 15 is 0 Å². The average molecular weight is 476 g/mol. The lowest BCUT2D eigenvalue weighted by atomic mass is 9.93. The first kappa shape index (κ1) is 22.1. The summed E-state index contributed by atoms with van der Waals surface area (Å²) in [6.45, 7) is 0.466. The maximum absolute atomic E-state index is 14.1. The largest absolute Gasteiger partial charge is 0.350 e. The SMILES string of the molecule is CN(C(=O)c1cc2c(C(F)F)cc(F)cc2[nH]1)[C@@H]1CNCc2[nH]c(=O)c3cc(F)c(F)cc3c21. The molecule has 0 aliphatic carbocycles. The topological polar surface area (TPSA) is 81.0 Å². The second kappa shape index (κ2) is 7.94. The number of H-pyrrole nitrogens is 2. The van der Waals surface area contributed by atoms with Crippen molar-refractivity contribution in [2.75, 3.05) is 13.6 Å². The van der Waals surface area contributed by atoms with Gasteiger partial charge in [0.25, 0.3) is 17.9 Å². The van der Waals surface area contributed by atoms with Gasteiger partial charge in [-0.05, 0) is 35.7 Å². The minimum Gasteiger partial charge on any atom is -0.350 e. The monoisotopic (exact) mass is 476 g/mol. The third-order valence-corrected chi connectivity index (χ3v) is 6.15. The van der Waals surface area contributed by atoms with Crippen LogP contribution in [0.5, 0.6) is 0 Å². The van der Waals surface area contributed by atoms with Gasteiger partial charge in [-0.2, -0.15) is 0 Å². The molecule has 3 heterocycles. The predicted molar refractivity (Wildman–Crippen MR) is 114 cm³/mol. The number of hydrogen-bond acceptors (Lipinski definition) is 3. The van der Waals surface area contributed by atoms with Crippen molar-refractivity contribution in [1.29, 1.82) is 0 Å². The van der Waals surface area contributed by atoms with Gasteiger partial charge in [-0.15, -0.1) is 0 Å². The number of hydrogen-bond donors (Lipinski definition) is 3. The fraction of sp³-hybridized carbons (Fsp3) is 0.217. The van der Waals surface area contributed by atoms with Crippen molar-refractivity contribution < 1.29 is 26.7 Å². The number of aromatic amines is 2. The van der Waals surface area contributed by atoms with Crippen LogP contribution in [0.15, 0.2) is 35.1 Å². The van der Waals surface area contributed by atoms with E-state index in [-0.39, 0.29) is 40.5 Å². The highest BCUT2D eigenvalue weighted by atomic mass is 19.3. The van der Waals surface area contributed by atoms with E-state index in [1.54, 1.807) is 0 Å². The Kier molecular flexibility index (Phi) is 5.16. The number of carbonyl (C=O) groups excluding carboxylic acids is 1. The molecule has 6 nitrogen and oxygen atoms in total. The Labute approximate surface area is 188 Å². The number of rotatable bonds is 3. The van der Waals surface area contributed by atoms with Gasteiger partial charge in [0.05, 0.1) is 11.4 Å². The van der Waals surface area contributed by atoms with Crippen LogP contribution in [0.1, 0.15) is 39.8 Å². The minimum absolute atomic E-state index is 0.0163. The molecule has 0 radical (unpaired) electrons. The predicted octanol–water partition coefficient (Wildman–Crippen LogP) is 4.28. The molecular weight excluding hydrogens is 459 g/mol. The Morgan fingerprint density at radius 1 is 1.00 bits per heavy atom. The van der Waals surface area contributed by atoms with E-state index in [1.165, 1.54) is 18.0 Å². The van der Waals surface area contributed by atoms with Gasteiger partial charge in [-0.25, -0.2) is 22.0 Å². The highest BCUT2D eigenvalue weighted by molar-refractivity contribution is 5.99. The summed E-state index contributed by atoms with van der Waals surface area (Å²) in [7, 11) is 1.46. The van der Waals surface area contributed by atoms with Crippen LogP contribution >= 0.6 is 0 Å². The number of halogens is 5. The Morgan fingerprint density at radius 2 is 1.71 bits per heavy atom. The molecule has 0 unspecified atom stereocenters. The lowest BCUT2D eigenvalue weighted by molar-refractivity contribution is 0.0718. The van der Waals surface area contributed by atoms with Crippen molar-refractivity contribution in [3.8, 4) is 0 Å². The van der Waals surface area contributed by atoms with Gasteiger partial charge in [-0.1, -0.05) is 0 Å². The van der Waals surface area contributed by atoms with Gasteiger partial charge in [0.15, 0.2) is 11.6 Å². The fourth-order valence-corrected chi connectivity index (χ4v) is 4.53. The molecule has 176 valence electrons. The molecule has 1 atom stereocenters. The molecule has 1 amide bonds. The molecule has 0 saturated heterocycles. The molecule has 0 fully saturated rings. The first-order valence-corrected chi connectivity index (χ1v) is 10.3. The molecule has 2 aromatic carbocycles. The number of fused-ring (bicyclic) bond motifs is 4. The lowest BCUT2D eigenvalue weighted by Gasteiger charge is -2.34. The van der Waals surface area contributed by atoms with Crippen LogP contribution in [0.25, 0.3) is 21.7 Å². The van der Waals surface area contributed by atoms with Crippen LogP contribution in [0, 0.1) is 17.5 Å². The normalized spacial score (nSPS) is 15.8. The zero-order valence-corrected chi connectivity index (χ0v) is 17.6. The summed E-state index contributed by atoms with van der Waals surface area (Å²) >= 11 is 0. The maximum atomic E-state index is 14.1. The zero-order valence-electron chi connectivity index (χ0n) is 17.6. The van der Waals surface area contributed by atoms with E-state index in [4.69, 9.17) is 0 Å². The summed E-state index contributed by atoms with van der Waals surface area (Å²) in [5, 5.41) is 3.19. The number of nitrogens with zero attached hydrogens (tertiary/aromatic N) is 1. The van der Waals surface area contributed by atoms with E-state index in [0.717, 1.165) is 24.3 Å². The quantitative estimate of drug-likeness (QED) is 0.386. The Morgan fingerprint density at radius 3 is 2.41 bits per heavy atom. The van der Waals surface area contributed by atoms with Crippen LogP contribution in [-0.2, 0) is 6.54 Å². The van der Waals surface area contributed by atoms with Gasteiger partial charge in [0.1, 0.15) is 11.5 Å². The Bertz CT molecular complexity index is 1530. The Balaban J connectivity index is 1.61. The molecule has 11 heteroatoms. The first-order chi connectivity index (χ1) is 16.2. The van der Waals surface area contributed by atoms with Crippen LogP contribution < -0.4 is 10.9 Å².